The molecule has 0 amide bonds. The van der Waals surface area contributed by atoms with E-state index in [9.17, 15) is 12.8 Å². The number of aryl methyl sites for hydroxylation is 1. The Morgan fingerprint density at radius 1 is 1.14 bits per heavy atom. The quantitative estimate of drug-likeness (QED) is 0.876. The summed E-state index contributed by atoms with van der Waals surface area (Å²) in [6.45, 7) is 1.54. The molecule has 0 fully saturated rings. The molecule has 0 saturated heterocycles. The van der Waals surface area contributed by atoms with E-state index in [-0.39, 0.29) is 4.90 Å². The van der Waals surface area contributed by atoms with Gasteiger partial charge in [-0.05, 0) is 55.0 Å². The van der Waals surface area contributed by atoms with Crippen LogP contribution in [0.1, 0.15) is 11.1 Å². The van der Waals surface area contributed by atoms with Crippen LogP contribution in [0, 0.1) is 24.1 Å². The summed E-state index contributed by atoms with van der Waals surface area (Å²) in [7, 11) is -2.36. The zero-order chi connectivity index (χ0) is 15.6. The Hall–Kier alpha value is -2.39. The molecule has 0 unspecified atom stereocenters. The summed E-state index contributed by atoms with van der Waals surface area (Å²) in [5.74, 6) is -0.479. The molecule has 108 valence electrons. The number of sulfonamides is 1. The summed E-state index contributed by atoms with van der Waals surface area (Å²) in [6.07, 6.45) is 0. The second-order valence-corrected chi connectivity index (χ2v) is 6.48. The molecule has 0 heterocycles. The van der Waals surface area contributed by atoms with Crippen molar-refractivity contribution in [1.29, 1.82) is 5.26 Å². The topological polar surface area (TPSA) is 61.2 Å². The molecule has 0 radical (unpaired) electrons. The number of hydrogen-bond acceptors (Lipinski definition) is 3. The first-order chi connectivity index (χ1) is 9.86. The van der Waals surface area contributed by atoms with E-state index in [1.807, 2.05) is 6.07 Å². The molecule has 0 aliphatic rings. The predicted octanol–water partition coefficient (Wildman–Crippen LogP) is 2.83. The van der Waals surface area contributed by atoms with E-state index < -0.39 is 15.8 Å². The summed E-state index contributed by atoms with van der Waals surface area (Å²) >= 11 is 0. The van der Waals surface area contributed by atoms with E-state index in [0.717, 1.165) is 10.4 Å². The van der Waals surface area contributed by atoms with Gasteiger partial charge in [-0.3, -0.25) is 4.31 Å². The minimum atomic E-state index is -3.78. The van der Waals surface area contributed by atoms with Crippen molar-refractivity contribution in [3.8, 4) is 6.07 Å². The third-order valence-electron chi connectivity index (χ3n) is 3.14. The monoisotopic (exact) mass is 304 g/mol. The van der Waals surface area contributed by atoms with Gasteiger partial charge in [-0.25, -0.2) is 12.8 Å². The molecule has 0 aromatic heterocycles. The van der Waals surface area contributed by atoms with Gasteiger partial charge in [0.15, 0.2) is 0 Å². The van der Waals surface area contributed by atoms with Gasteiger partial charge in [-0.2, -0.15) is 5.26 Å². The Bertz CT molecular complexity index is 809. The summed E-state index contributed by atoms with van der Waals surface area (Å²) in [6, 6.07) is 11.7. The van der Waals surface area contributed by atoms with E-state index in [0.29, 0.717) is 16.8 Å². The van der Waals surface area contributed by atoms with E-state index >= 15 is 0 Å². The largest absolute Gasteiger partial charge is 0.269 e. The fraction of sp³-hybridized carbons (Fsp3) is 0.133. The van der Waals surface area contributed by atoms with Crippen molar-refractivity contribution < 1.29 is 12.8 Å². The van der Waals surface area contributed by atoms with E-state index in [1.54, 1.807) is 31.2 Å². The highest BCUT2D eigenvalue weighted by molar-refractivity contribution is 7.92. The molecule has 21 heavy (non-hydrogen) atoms. The standard InChI is InChI=1S/C15H13FN2O2S/c1-11-9-13(16)5-8-15(11)21(19,20)18(2)14-6-3-12(10-17)4-7-14/h3-9H,1-2H3. The normalized spacial score (nSPS) is 11.0. The fourth-order valence-electron chi connectivity index (χ4n) is 1.93. The van der Waals surface area contributed by atoms with Crippen LogP contribution in [0.4, 0.5) is 10.1 Å². The summed E-state index contributed by atoms with van der Waals surface area (Å²) in [5.41, 5.74) is 1.22. The zero-order valence-electron chi connectivity index (χ0n) is 11.5. The van der Waals surface area contributed by atoms with Crippen molar-refractivity contribution in [2.45, 2.75) is 11.8 Å². The molecular weight excluding hydrogens is 291 g/mol. The van der Waals surface area contributed by atoms with Gasteiger partial charge in [0, 0.05) is 7.05 Å². The molecule has 2 aromatic carbocycles. The molecular formula is C15H13FN2O2S. The number of nitriles is 1. The van der Waals surface area contributed by atoms with Gasteiger partial charge in [0.2, 0.25) is 0 Å². The van der Waals surface area contributed by atoms with Crippen LogP contribution in [-0.4, -0.2) is 15.5 Å². The Morgan fingerprint density at radius 2 is 1.76 bits per heavy atom. The molecule has 0 N–H and O–H groups in total. The molecule has 2 aromatic rings. The Balaban J connectivity index is 2.45. The van der Waals surface area contributed by atoms with E-state index in [2.05, 4.69) is 0 Å². The highest BCUT2D eigenvalue weighted by Crippen LogP contribution is 2.24. The summed E-state index contributed by atoms with van der Waals surface area (Å²) in [4.78, 5) is 0.0516. The van der Waals surface area contributed by atoms with Gasteiger partial charge in [-0.15, -0.1) is 0 Å². The number of rotatable bonds is 3. The third kappa shape index (κ3) is 2.88. The number of anilines is 1. The highest BCUT2D eigenvalue weighted by Gasteiger charge is 2.23. The molecule has 0 spiro atoms. The van der Waals surface area contributed by atoms with Crippen molar-refractivity contribution in [3.63, 3.8) is 0 Å². The lowest BCUT2D eigenvalue weighted by atomic mass is 10.2. The summed E-state index contributed by atoms with van der Waals surface area (Å²) < 4.78 is 39.3. The van der Waals surface area contributed by atoms with Crippen molar-refractivity contribution in [3.05, 3.63) is 59.4 Å². The van der Waals surface area contributed by atoms with Crippen LogP contribution in [0.2, 0.25) is 0 Å². The van der Waals surface area contributed by atoms with Gasteiger partial charge >= 0.3 is 0 Å². The van der Waals surface area contributed by atoms with Crippen molar-refractivity contribution in [1.82, 2.24) is 0 Å². The molecule has 0 atom stereocenters. The maximum absolute atomic E-state index is 13.1. The number of nitrogens with zero attached hydrogens (tertiary/aromatic N) is 2. The minimum absolute atomic E-state index is 0.0516. The molecule has 0 aliphatic carbocycles. The maximum atomic E-state index is 13.1. The van der Waals surface area contributed by atoms with Gasteiger partial charge in [0.25, 0.3) is 10.0 Å². The lowest BCUT2D eigenvalue weighted by Crippen LogP contribution is -2.27. The first-order valence-electron chi connectivity index (χ1n) is 6.11. The average Bonchev–Trinajstić information content (AvgIpc) is 2.46. The van der Waals surface area contributed by atoms with Gasteiger partial charge in [0.1, 0.15) is 5.82 Å². The zero-order valence-corrected chi connectivity index (χ0v) is 12.4. The van der Waals surface area contributed by atoms with Gasteiger partial charge in [0.05, 0.1) is 22.2 Å². The lowest BCUT2D eigenvalue weighted by molar-refractivity contribution is 0.592. The molecule has 0 saturated carbocycles. The van der Waals surface area contributed by atoms with Crippen LogP contribution in [-0.2, 0) is 10.0 Å². The van der Waals surface area contributed by atoms with Crippen LogP contribution >= 0.6 is 0 Å². The fourth-order valence-corrected chi connectivity index (χ4v) is 3.33. The Kier molecular flexibility index (Phi) is 3.96. The second kappa shape index (κ2) is 5.54. The van der Waals surface area contributed by atoms with Crippen LogP contribution in [0.25, 0.3) is 0 Å². The van der Waals surface area contributed by atoms with E-state index in [4.69, 9.17) is 5.26 Å². The van der Waals surface area contributed by atoms with Crippen LogP contribution < -0.4 is 4.31 Å². The Morgan fingerprint density at radius 3 is 2.29 bits per heavy atom. The van der Waals surface area contributed by atoms with Crippen LogP contribution in [0.3, 0.4) is 0 Å². The molecule has 4 nitrogen and oxygen atoms in total. The molecule has 6 heteroatoms. The third-order valence-corrected chi connectivity index (χ3v) is 5.08. The summed E-state index contributed by atoms with van der Waals surface area (Å²) in [5, 5.41) is 8.75. The van der Waals surface area contributed by atoms with Crippen molar-refractivity contribution in [2.24, 2.45) is 0 Å². The average molecular weight is 304 g/mol. The number of hydrogen-bond donors (Lipinski definition) is 0. The van der Waals surface area contributed by atoms with Gasteiger partial charge in [-0.1, -0.05) is 0 Å². The number of benzene rings is 2. The molecule has 0 bridgehead atoms. The number of halogens is 1. The van der Waals surface area contributed by atoms with Crippen LogP contribution in [0.5, 0.6) is 0 Å². The van der Waals surface area contributed by atoms with Crippen molar-refractivity contribution in [2.75, 3.05) is 11.4 Å². The Labute approximate surface area is 123 Å². The minimum Gasteiger partial charge on any atom is -0.269 e. The maximum Gasteiger partial charge on any atom is 0.264 e. The van der Waals surface area contributed by atoms with E-state index in [1.165, 1.54) is 19.2 Å². The smallest absolute Gasteiger partial charge is 0.264 e. The first kappa shape index (κ1) is 15.0. The van der Waals surface area contributed by atoms with Crippen LogP contribution in [0.15, 0.2) is 47.4 Å². The lowest BCUT2D eigenvalue weighted by Gasteiger charge is -2.20. The highest BCUT2D eigenvalue weighted by atomic mass is 32.2. The van der Waals surface area contributed by atoms with Crippen molar-refractivity contribution >= 4 is 15.7 Å². The first-order valence-corrected chi connectivity index (χ1v) is 7.55. The molecule has 2 rings (SSSR count). The second-order valence-electron chi connectivity index (χ2n) is 4.54. The predicted molar refractivity (Wildman–Crippen MR) is 77.9 cm³/mol. The van der Waals surface area contributed by atoms with Gasteiger partial charge < -0.3 is 0 Å². The molecule has 0 aliphatic heterocycles. The SMILES string of the molecule is Cc1cc(F)ccc1S(=O)(=O)N(C)c1ccc(C#N)cc1.